The quantitative estimate of drug-likeness (QED) is 0.762. The second-order valence-electron chi connectivity index (χ2n) is 2.69. The van der Waals surface area contributed by atoms with Gasteiger partial charge in [0.15, 0.2) is 0 Å². The first-order chi connectivity index (χ1) is 6.15. The summed E-state index contributed by atoms with van der Waals surface area (Å²) in [7, 11) is 1.51. The summed E-state index contributed by atoms with van der Waals surface area (Å²) >= 11 is 0. The fourth-order valence-electron chi connectivity index (χ4n) is 1.05. The van der Waals surface area contributed by atoms with Crippen LogP contribution in [-0.4, -0.2) is 23.2 Å². The number of carbonyl (C=O) groups is 1. The van der Waals surface area contributed by atoms with Crippen LogP contribution < -0.4 is 0 Å². The molecule has 0 spiro atoms. The molecule has 0 aliphatic heterocycles. The van der Waals surface area contributed by atoms with Crippen molar-refractivity contribution in [3.05, 3.63) is 29.1 Å². The largest absolute Gasteiger partial charge is 0.478 e. The molecule has 0 aliphatic carbocycles. The molecule has 0 radical (unpaired) electrons. The van der Waals surface area contributed by atoms with Gasteiger partial charge in [-0.05, 0) is 19.1 Å². The van der Waals surface area contributed by atoms with Gasteiger partial charge >= 0.3 is 5.97 Å². The Bertz CT molecular complexity index is 323. The maximum Gasteiger partial charge on any atom is 0.337 e. The Morgan fingerprint density at radius 3 is 2.85 bits per heavy atom. The number of rotatable bonds is 3. The summed E-state index contributed by atoms with van der Waals surface area (Å²) in [4.78, 5) is 14.8. The molecule has 13 heavy (non-hydrogen) atoms. The van der Waals surface area contributed by atoms with Crippen LogP contribution in [0.25, 0.3) is 0 Å². The summed E-state index contributed by atoms with van der Waals surface area (Å²) in [5.74, 6) is -0.973. The molecule has 0 unspecified atom stereocenters. The predicted molar refractivity (Wildman–Crippen MR) is 46.6 cm³/mol. The number of hydrogen-bond donors (Lipinski definition) is 1. The highest BCUT2D eigenvalue weighted by Crippen LogP contribution is 2.08. The zero-order chi connectivity index (χ0) is 9.84. The lowest BCUT2D eigenvalue weighted by Gasteiger charge is -2.04. The molecule has 0 aliphatic rings. The Morgan fingerprint density at radius 1 is 1.62 bits per heavy atom. The minimum Gasteiger partial charge on any atom is -0.478 e. The Labute approximate surface area is 76.2 Å². The van der Waals surface area contributed by atoms with Gasteiger partial charge in [-0.15, -0.1) is 0 Å². The smallest absolute Gasteiger partial charge is 0.337 e. The van der Waals surface area contributed by atoms with E-state index in [1.54, 1.807) is 12.1 Å². The van der Waals surface area contributed by atoms with Crippen LogP contribution in [0.3, 0.4) is 0 Å². The zero-order valence-electron chi connectivity index (χ0n) is 7.57. The molecule has 4 nitrogen and oxygen atoms in total. The van der Waals surface area contributed by atoms with Gasteiger partial charge in [0.1, 0.15) is 0 Å². The van der Waals surface area contributed by atoms with Crippen LogP contribution in [0.5, 0.6) is 0 Å². The minimum atomic E-state index is -0.973. The van der Waals surface area contributed by atoms with Gasteiger partial charge in [0, 0.05) is 12.8 Å². The third-order valence-corrected chi connectivity index (χ3v) is 1.62. The van der Waals surface area contributed by atoms with Gasteiger partial charge < -0.3 is 9.84 Å². The fraction of sp³-hybridized carbons (Fsp3) is 0.333. The number of carboxylic acids is 1. The second kappa shape index (κ2) is 4.00. The monoisotopic (exact) mass is 181 g/mol. The number of hydrogen-bond acceptors (Lipinski definition) is 3. The van der Waals surface area contributed by atoms with Crippen molar-refractivity contribution < 1.29 is 14.6 Å². The Balaban J connectivity index is 3.10. The third kappa shape index (κ3) is 2.26. The highest BCUT2D eigenvalue weighted by Gasteiger charge is 2.10. The van der Waals surface area contributed by atoms with Gasteiger partial charge in [-0.3, -0.25) is 4.98 Å². The Kier molecular flexibility index (Phi) is 2.97. The average molecular weight is 181 g/mol. The van der Waals surface area contributed by atoms with Gasteiger partial charge in [-0.1, -0.05) is 0 Å². The standard InChI is InChI=1S/C9H11NO3/c1-6-3-4-7(9(11)12)8(10-6)5-13-2/h3-4H,5H2,1-2H3,(H,11,12). The Morgan fingerprint density at radius 2 is 2.31 bits per heavy atom. The van der Waals surface area contributed by atoms with E-state index in [1.165, 1.54) is 7.11 Å². The predicted octanol–water partition coefficient (Wildman–Crippen LogP) is 1.23. The van der Waals surface area contributed by atoms with Gasteiger partial charge in [-0.25, -0.2) is 4.79 Å². The van der Waals surface area contributed by atoms with Crippen LogP contribution >= 0.6 is 0 Å². The molecule has 0 saturated heterocycles. The molecular weight excluding hydrogens is 170 g/mol. The lowest BCUT2D eigenvalue weighted by molar-refractivity contribution is 0.0690. The third-order valence-electron chi connectivity index (χ3n) is 1.62. The summed E-state index contributed by atoms with van der Waals surface area (Å²) in [6.45, 7) is 2.04. The van der Waals surface area contributed by atoms with Crippen LogP contribution in [0.4, 0.5) is 0 Å². The molecule has 1 N–H and O–H groups in total. The van der Waals surface area contributed by atoms with Crippen LogP contribution in [0.1, 0.15) is 21.7 Å². The molecule has 0 saturated carbocycles. The molecule has 0 bridgehead atoms. The van der Waals surface area contributed by atoms with Gasteiger partial charge in [0.2, 0.25) is 0 Å². The maximum absolute atomic E-state index is 10.7. The van der Waals surface area contributed by atoms with Crippen LogP contribution in [-0.2, 0) is 11.3 Å². The number of aromatic carboxylic acids is 1. The first kappa shape index (κ1) is 9.67. The van der Waals surface area contributed by atoms with E-state index >= 15 is 0 Å². The van der Waals surface area contributed by atoms with E-state index in [-0.39, 0.29) is 12.2 Å². The van der Waals surface area contributed by atoms with E-state index in [0.29, 0.717) is 5.69 Å². The summed E-state index contributed by atoms with van der Waals surface area (Å²) in [5, 5.41) is 8.79. The van der Waals surface area contributed by atoms with E-state index in [4.69, 9.17) is 9.84 Å². The molecular formula is C9H11NO3. The highest BCUT2D eigenvalue weighted by atomic mass is 16.5. The molecule has 0 fully saturated rings. The number of carboxylic acid groups (broad SMARTS) is 1. The normalized spacial score (nSPS) is 10.0. The Hall–Kier alpha value is -1.42. The molecule has 0 amide bonds. The topological polar surface area (TPSA) is 59.4 Å². The highest BCUT2D eigenvalue weighted by molar-refractivity contribution is 5.88. The van der Waals surface area contributed by atoms with Crippen LogP contribution in [0.2, 0.25) is 0 Å². The van der Waals surface area contributed by atoms with Crippen molar-refractivity contribution in [1.82, 2.24) is 4.98 Å². The molecule has 1 aromatic heterocycles. The summed E-state index contributed by atoms with van der Waals surface area (Å²) in [5.41, 5.74) is 1.46. The van der Waals surface area contributed by atoms with Crippen molar-refractivity contribution in [3.63, 3.8) is 0 Å². The number of aromatic nitrogens is 1. The van der Waals surface area contributed by atoms with Gasteiger partial charge in [0.05, 0.1) is 17.9 Å². The minimum absolute atomic E-state index is 0.201. The SMILES string of the molecule is COCc1nc(C)ccc1C(=O)O. The van der Waals surface area contributed by atoms with Crippen LogP contribution in [0.15, 0.2) is 12.1 Å². The maximum atomic E-state index is 10.7. The molecule has 70 valence electrons. The number of pyridine rings is 1. The van der Waals surface area contributed by atoms with Crippen molar-refractivity contribution in [3.8, 4) is 0 Å². The summed E-state index contributed by atoms with van der Waals surface area (Å²) in [6, 6.07) is 3.21. The zero-order valence-corrected chi connectivity index (χ0v) is 7.57. The van der Waals surface area contributed by atoms with E-state index in [9.17, 15) is 4.79 Å². The van der Waals surface area contributed by atoms with E-state index in [2.05, 4.69) is 4.98 Å². The van der Waals surface area contributed by atoms with E-state index < -0.39 is 5.97 Å². The lowest BCUT2D eigenvalue weighted by Crippen LogP contribution is -2.06. The van der Waals surface area contributed by atoms with Crippen LogP contribution in [0, 0.1) is 6.92 Å². The lowest BCUT2D eigenvalue weighted by atomic mass is 10.2. The molecule has 1 rings (SSSR count). The van der Waals surface area contributed by atoms with E-state index in [1.807, 2.05) is 6.92 Å². The summed E-state index contributed by atoms with van der Waals surface area (Å²) in [6.07, 6.45) is 0. The molecule has 1 aromatic rings. The second-order valence-corrected chi connectivity index (χ2v) is 2.69. The van der Waals surface area contributed by atoms with Crippen molar-refractivity contribution in [1.29, 1.82) is 0 Å². The molecule has 4 heteroatoms. The summed E-state index contributed by atoms with van der Waals surface area (Å²) < 4.78 is 4.85. The first-order valence-electron chi connectivity index (χ1n) is 3.84. The van der Waals surface area contributed by atoms with E-state index in [0.717, 1.165) is 5.69 Å². The average Bonchev–Trinajstić information content (AvgIpc) is 2.04. The van der Waals surface area contributed by atoms with Crippen molar-refractivity contribution in [2.45, 2.75) is 13.5 Å². The van der Waals surface area contributed by atoms with Crippen molar-refractivity contribution in [2.75, 3.05) is 7.11 Å². The van der Waals surface area contributed by atoms with Crippen molar-refractivity contribution in [2.24, 2.45) is 0 Å². The number of ether oxygens (including phenoxy) is 1. The first-order valence-corrected chi connectivity index (χ1v) is 3.84. The number of aryl methyl sites for hydroxylation is 1. The molecule has 0 aromatic carbocycles. The molecule has 1 heterocycles. The number of methoxy groups -OCH3 is 1. The fourth-order valence-corrected chi connectivity index (χ4v) is 1.05. The van der Waals surface area contributed by atoms with Crippen molar-refractivity contribution >= 4 is 5.97 Å². The van der Waals surface area contributed by atoms with Gasteiger partial charge in [0.25, 0.3) is 0 Å². The number of nitrogens with zero attached hydrogens (tertiary/aromatic N) is 1. The van der Waals surface area contributed by atoms with Gasteiger partial charge in [-0.2, -0.15) is 0 Å². The molecule has 0 atom stereocenters.